The third-order valence-corrected chi connectivity index (χ3v) is 5.57. The van der Waals surface area contributed by atoms with Gasteiger partial charge in [-0.15, -0.1) is 0 Å². The number of carbonyl (C=O) groups is 4. The van der Waals surface area contributed by atoms with Gasteiger partial charge in [-0.1, -0.05) is 12.1 Å². The normalized spacial score (nSPS) is 12.4. The minimum Gasteiger partial charge on any atom is -0.482 e. The highest BCUT2D eigenvalue weighted by Crippen LogP contribution is 2.30. The van der Waals surface area contributed by atoms with Crippen molar-refractivity contribution in [3.05, 3.63) is 88.5 Å². The Morgan fingerprint density at radius 3 is 2.38 bits per heavy atom. The zero-order valence-corrected chi connectivity index (χ0v) is 18.9. The number of hydrogen-bond donors (Lipinski definition) is 1. The molecule has 0 aromatic heterocycles. The first-order valence-electron chi connectivity index (χ1n) is 10.5. The molecule has 0 atom stereocenters. The molecule has 0 aliphatic carbocycles. The number of benzene rings is 3. The van der Waals surface area contributed by atoms with E-state index in [1.165, 1.54) is 25.3 Å². The topological polar surface area (TPSA) is 102 Å². The maximum Gasteiger partial charge on any atom is 0.343 e. The summed E-state index contributed by atoms with van der Waals surface area (Å²) in [5.41, 5.74) is 3.59. The van der Waals surface area contributed by atoms with Gasteiger partial charge in [-0.05, 0) is 67.4 Å². The summed E-state index contributed by atoms with van der Waals surface area (Å²) in [6.07, 6.45) is 0. The molecule has 0 unspecified atom stereocenters. The average Bonchev–Trinajstić information content (AvgIpc) is 3.09. The van der Waals surface area contributed by atoms with Crippen molar-refractivity contribution >= 4 is 35.1 Å². The molecule has 172 valence electrons. The predicted molar refractivity (Wildman–Crippen MR) is 125 cm³/mol. The van der Waals surface area contributed by atoms with Crippen LogP contribution in [-0.4, -0.2) is 37.4 Å². The van der Waals surface area contributed by atoms with E-state index in [4.69, 9.17) is 4.74 Å². The van der Waals surface area contributed by atoms with Crippen molar-refractivity contribution < 1.29 is 28.7 Å². The van der Waals surface area contributed by atoms with Gasteiger partial charge in [-0.3, -0.25) is 14.4 Å². The highest BCUT2D eigenvalue weighted by atomic mass is 16.6. The molecular formula is C26H22N2O6. The van der Waals surface area contributed by atoms with Crippen molar-refractivity contribution in [2.45, 2.75) is 13.8 Å². The second-order valence-corrected chi connectivity index (χ2v) is 7.82. The van der Waals surface area contributed by atoms with E-state index >= 15 is 0 Å². The summed E-state index contributed by atoms with van der Waals surface area (Å²) in [4.78, 5) is 51.2. The standard InChI is InChI=1S/C26H22N2O6/c1-15-7-9-19(11-16(15)2)28-25(31)21-10-8-17(12-22(21)26(28)32)24(30)27-18-5-4-6-20(13-18)34-14-23(29)33-3/h4-13H,14H2,1-3H3,(H,27,30). The van der Waals surface area contributed by atoms with E-state index in [1.54, 1.807) is 36.4 Å². The molecule has 0 spiro atoms. The molecule has 4 rings (SSSR count). The van der Waals surface area contributed by atoms with Crippen LogP contribution >= 0.6 is 0 Å². The second kappa shape index (κ2) is 9.19. The zero-order chi connectivity index (χ0) is 24.4. The number of fused-ring (bicyclic) bond motifs is 1. The van der Waals surface area contributed by atoms with Crippen LogP contribution in [0.25, 0.3) is 0 Å². The van der Waals surface area contributed by atoms with Crippen molar-refractivity contribution in [3.63, 3.8) is 0 Å². The van der Waals surface area contributed by atoms with E-state index in [0.717, 1.165) is 16.0 Å². The number of nitrogens with one attached hydrogen (secondary N) is 1. The Kier molecular flexibility index (Phi) is 6.14. The number of amides is 3. The van der Waals surface area contributed by atoms with Gasteiger partial charge in [0.05, 0.1) is 23.9 Å². The summed E-state index contributed by atoms with van der Waals surface area (Å²) < 4.78 is 9.86. The summed E-state index contributed by atoms with van der Waals surface area (Å²) >= 11 is 0. The van der Waals surface area contributed by atoms with Gasteiger partial charge >= 0.3 is 5.97 Å². The fraction of sp³-hybridized carbons (Fsp3) is 0.154. The summed E-state index contributed by atoms with van der Waals surface area (Å²) in [7, 11) is 1.26. The van der Waals surface area contributed by atoms with E-state index < -0.39 is 23.7 Å². The van der Waals surface area contributed by atoms with Gasteiger partial charge in [0, 0.05) is 17.3 Å². The molecule has 3 aromatic carbocycles. The highest BCUT2D eigenvalue weighted by Gasteiger charge is 2.37. The Balaban J connectivity index is 1.53. The van der Waals surface area contributed by atoms with Crippen LogP contribution in [0, 0.1) is 13.8 Å². The van der Waals surface area contributed by atoms with Crippen LogP contribution in [0.3, 0.4) is 0 Å². The van der Waals surface area contributed by atoms with E-state index in [1.807, 2.05) is 19.9 Å². The van der Waals surface area contributed by atoms with Crippen LogP contribution < -0.4 is 15.0 Å². The van der Waals surface area contributed by atoms with Crippen LogP contribution in [0.4, 0.5) is 11.4 Å². The number of anilines is 2. The first-order chi connectivity index (χ1) is 16.3. The van der Waals surface area contributed by atoms with Gasteiger partial charge in [0.2, 0.25) is 0 Å². The Morgan fingerprint density at radius 2 is 1.65 bits per heavy atom. The number of rotatable bonds is 6. The number of carbonyl (C=O) groups excluding carboxylic acids is 4. The minimum absolute atomic E-state index is 0.172. The maximum atomic E-state index is 13.1. The molecule has 1 N–H and O–H groups in total. The molecule has 0 saturated heterocycles. The SMILES string of the molecule is COC(=O)COc1cccc(NC(=O)c2ccc3c(c2)C(=O)N(c2ccc(C)c(C)c2)C3=O)c1. The van der Waals surface area contributed by atoms with E-state index in [0.29, 0.717) is 17.1 Å². The van der Waals surface area contributed by atoms with Gasteiger partial charge in [-0.2, -0.15) is 0 Å². The lowest BCUT2D eigenvalue weighted by molar-refractivity contribution is -0.142. The summed E-state index contributed by atoms with van der Waals surface area (Å²) in [5, 5.41) is 2.73. The Morgan fingerprint density at radius 1 is 0.882 bits per heavy atom. The number of esters is 1. The number of nitrogens with zero attached hydrogens (tertiary/aromatic N) is 1. The molecule has 0 radical (unpaired) electrons. The van der Waals surface area contributed by atoms with Crippen molar-refractivity contribution in [2.24, 2.45) is 0 Å². The lowest BCUT2D eigenvalue weighted by atomic mass is 10.1. The largest absolute Gasteiger partial charge is 0.482 e. The number of methoxy groups -OCH3 is 1. The van der Waals surface area contributed by atoms with Crippen LogP contribution in [0.15, 0.2) is 60.7 Å². The van der Waals surface area contributed by atoms with Gasteiger partial charge in [-0.25, -0.2) is 9.69 Å². The summed E-state index contributed by atoms with van der Waals surface area (Å²) in [6, 6.07) is 16.3. The number of aryl methyl sites for hydroxylation is 2. The van der Waals surface area contributed by atoms with Gasteiger partial charge in [0.25, 0.3) is 17.7 Å². The molecule has 8 nitrogen and oxygen atoms in total. The van der Waals surface area contributed by atoms with Crippen LogP contribution in [0.1, 0.15) is 42.2 Å². The van der Waals surface area contributed by atoms with Crippen molar-refractivity contribution in [2.75, 3.05) is 23.9 Å². The van der Waals surface area contributed by atoms with Crippen molar-refractivity contribution in [1.82, 2.24) is 0 Å². The zero-order valence-electron chi connectivity index (χ0n) is 18.9. The second-order valence-electron chi connectivity index (χ2n) is 7.82. The molecule has 8 heteroatoms. The van der Waals surface area contributed by atoms with Crippen LogP contribution in [-0.2, 0) is 9.53 Å². The van der Waals surface area contributed by atoms with Crippen molar-refractivity contribution in [3.8, 4) is 5.75 Å². The number of imide groups is 1. The fourth-order valence-electron chi connectivity index (χ4n) is 3.55. The van der Waals surface area contributed by atoms with E-state index in [9.17, 15) is 19.2 Å². The molecule has 34 heavy (non-hydrogen) atoms. The molecule has 0 saturated carbocycles. The summed E-state index contributed by atoms with van der Waals surface area (Å²) in [5.74, 6) is -1.51. The van der Waals surface area contributed by atoms with E-state index in [2.05, 4.69) is 10.1 Å². The van der Waals surface area contributed by atoms with Crippen molar-refractivity contribution in [1.29, 1.82) is 0 Å². The fourth-order valence-corrected chi connectivity index (χ4v) is 3.55. The molecule has 0 bridgehead atoms. The third kappa shape index (κ3) is 4.38. The van der Waals surface area contributed by atoms with Gasteiger partial charge in [0.1, 0.15) is 5.75 Å². The maximum absolute atomic E-state index is 13.1. The molecule has 1 aliphatic heterocycles. The molecule has 3 amide bonds. The Bertz CT molecular complexity index is 1330. The first-order valence-corrected chi connectivity index (χ1v) is 10.5. The molecule has 3 aromatic rings. The quantitative estimate of drug-likeness (QED) is 0.444. The van der Waals surface area contributed by atoms with Crippen LogP contribution in [0.2, 0.25) is 0 Å². The number of hydrogen-bond acceptors (Lipinski definition) is 6. The monoisotopic (exact) mass is 458 g/mol. The number of ether oxygens (including phenoxy) is 2. The van der Waals surface area contributed by atoms with Crippen LogP contribution in [0.5, 0.6) is 5.75 Å². The summed E-state index contributed by atoms with van der Waals surface area (Å²) in [6.45, 7) is 3.61. The highest BCUT2D eigenvalue weighted by molar-refractivity contribution is 6.34. The first kappa shape index (κ1) is 22.7. The predicted octanol–water partition coefficient (Wildman–Crippen LogP) is 3.91. The molecule has 1 heterocycles. The lowest BCUT2D eigenvalue weighted by Gasteiger charge is -2.15. The van der Waals surface area contributed by atoms with E-state index in [-0.39, 0.29) is 23.3 Å². The molecular weight excluding hydrogens is 436 g/mol. The average molecular weight is 458 g/mol. The smallest absolute Gasteiger partial charge is 0.343 e. The van der Waals surface area contributed by atoms with Gasteiger partial charge in [0.15, 0.2) is 6.61 Å². The molecule has 0 fully saturated rings. The third-order valence-electron chi connectivity index (χ3n) is 5.57. The lowest BCUT2D eigenvalue weighted by Crippen LogP contribution is -2.29. The van der Waals surface area contributed by atoms with Gasteiger partial charge < -0.3 is 14.8 Å². The Hall–Kier alpha value is -4.46. The molecule has 1 aliphatic rings. The minimum atomic E-state index is -0.526. The Labute approximate surface area is 196 Å².